The van der Waals surface area contributed by atoms with Crippen molar-refractivity contribution in [1.29, 1.82) is 0 Å². The van der Waals surface area contributed by atoms with Crippen molar-refractivity contribution >= 4 is 38.4 Å². The van der Waals surface area contributed by atoms with Gasteiger partial charge in [0.2, 0.25) is 0 Å². The molecule has 14 nitrogen and oxygen atoms in total. The molecule has 0 saturated carbocycles. The average molecular weight is 760 g/mol. The van der Waals surface area contributed by atoms with Gasteiger partial charge in [-0.15, -0.1) is 0 Å². The highest BCUT2D eigenvalue weighted by Gasteiger charge is 2.27. The molecule has 0 bridgehead atoms. The topological polar surface area (TPSA) is 175 Å². The highest BCUT2D eigenvalue weighted by atomic mass is 32.2. The number of sulfonamides is 1. The van der Waals surface area contributed by atoms with Crippen LogP contribution in [0.5, 0.6) is 5.75 Å². The first-order valence-electron chi connectivity index (χ1n) is 16.4. The number of esters is 1. The lowest BCUT2D eigenvalue weighted by molar-refractivity contribution is -0.160. The van der Waals surface area contributed by atoms with Crippen molar-refractivity contribution < 1.29 is 45.3 Å². The van der Waals surface area contributed by atoms with E-state index in [0.717, 1.165) is 0 Å². The molecule has 53 heavy (non-hydrogen) atoms. The largest absolute Gasteiger partial charge is 0.484 e. The van der Waals surface area contributed by atoms with E-state index in [1.54, 1.807) is 56.5 Å². The quantitative estimate of drug-likeness (QED) is 0.0933. The van der Waals surface area contributed by atoms with E-state index in [1.807, 2.05) is 10.9 Å². The fourth-order valence-corrected chi connectivity index (χ4v) is 5.88. The van der Waals surface area contributed by atoms with Crippen molar-refractivity contribution in [3.8, 4) is 28.1 Å². The molecule has 2 aromatic carbocycles. The van der Waals surface area contributed by atoms with Gasteiger partial charge in [-0.2, -0.15) is 19.0 Å². The third-order valence-electron chi connectivity index (χ3n) is 7.70. The van der Waals surface area contributed by atoms with Gasteiger partial charge in [0, 0.05) is 36.1 Å². The summed E-state index contributed by atoms with van der Waals surface area (Å²) in [5.74, 6) is -4.52. The van der Waals surface area contributed by atoms with E-state index >= 15 is 0 Å². The van der Waals surface area contributed by atoms with Crippen LogP contribution in [0.15, 0.2) is 61.1 Å². The maximum atomic E-state index is 13.6. The Balaban J connectivity index is 1.36. The van der Waals surface area contributed by atoms with Crippen LogP contribution in [-0.2, 0) is 42.6 Å². The number of nitrogens with one attached hydrogen (secondary N) is 1. The number of ether oxygens (including phenoxy) is 4. The molecule has 0 aliphatic rings. The number of nitrogens with two attached hydrogens (primary N) is 1. The molecule has 1 atom stereocenters. The van der Waals surface area contributed by atoms with Gasteiger partial charge in [0.05, 0.1) is 49.2 Å². The number of aryl methyl sites for hydroxylation is 1. The molecule has 5 aromatic rings. The van der Waals surface area contributed by atoms with Gasteiger partial charge < -0.3 is 24.7 Å². The highest BCUT2D eigenvalue weighted by Crippen LogP contribution is 2.40. The van der Waals surface area contributed by atoms with Crippen molar-refractivity contribution in [1.82, 2.24) is 24.5 Å². The van der Waals surface area contributed by atoms with Crippen LogP contribution in [0.3, 0.4) is 0 Å². The van der Waals surface area contributed by atoms with Crippen LogP contribution in [0.2, 0.25) is 0 Å². The molecule has 3 aromatic heterocycles. The lowest BCUT2D eigenvalue weighted by Crippen LogP contribution is -2.27. The summed E-state index contributed by atoms with van der Waals surface area (Å²) < 4.78 is 91.9. The number of pyridine rings is 1. The summed E-state index contributed by atoms with van der Waals surface area (Å²) in [6.45, 7) is 8.07. The zero-order valence-corrected chi connectivity index (χ0v) is 30.5. The van der Waals surface area contributed by atoms with Gasteiger partial charge in [-0.05, 0) is 57.5 Å². The molecule has 0 fully saturated rings. The second kappa shape index (κ2) is 16.2. The van der Waals surface area contributed by atoms with Crippen LogP contribution in [0.4, 0.5) is 24.7 Å². The van der Waals surface area contributed by atoms with Crippen molar-refractivity contribution in [2.75, 3.05) is 36.9 Å². The first-order valence-corrected chi connectivity index (χ1v) is 17.9. The number of hydrogen-bond donors (Lipinski definition) is 2. The zero-order chi connectivity index (χ0) is 38.5. The van der Waals surface area contributed by atoms with E-state index in [9.17, 15) is 26.4 Å². The summed E-state index contributed by atoms with van der Waals surface area (Å²) in [4.78, 5) is 16.2. The highest BCUT2D eigenvalue weighted by molar-refractivity contribution is 7.93. The molecule has 0 aliphatic carbocycles. The van der Waals surface area contributed by atoms with Gasteiger partial charge in [0.1, 0.15) is 41.4 Å². The van der Waals surface area contributed by atoms with Gasteiger partial charge in [-0.25, -0.2) is 22.6 Å². The van der Waals surface area contributed by atoms with Gasteiger partial charge in [0.25, 0.3) is 10.0 Å². The fraction of sp³-hybridized carbons (Fsp3) is 0.371. The molecular formula is C35H40F3N7O7S. The first-order chi connectivity index (χ1) is 25.0. The Morgan fingerprint density at radius 2 is 1.74 bits per heavy atom. The summed E-state index contributed by atoms with van der Waals surface area (Å²) in [7, 11) is -3.33. The van der Waals surface area contributed by atoms with Crippen LogP contribution >= 0.6 is 0 Å². The van der Waals surface area contributed by atoms with Crippen LogP contribution in [0.25, 0.3) is 33.3 Å². The van der Waals surface area contributed by atoms with Crippen molar-refractivity contribution in [2.45, 2.75) is 51.7 Å². The SMILES string of the molecule is C[C@H](Oc1cc(-c2nn(C)c3c(-c4cnn(CCOCCOCC(=O)OC(C)(C)C)c4)cnc(N)c23)ccc1NS(=O)(=O)C(F)F)c1ccc(F)cc1. The molecule has 5 rings (SSSR count). The van der Waals surface area contributed by atoms with E-state index in [0.29, 0.717) is 52.0 Å². The number of halogens is 3. The number of anilines is 2. The van der Waals surface area contributed by atoms with Crippen molar-refractivity contribution in [2.24, 2.45) is 7.05 Å². The Morgan fingerprint density at radius 1 is 1.02 bits per heavy atom. The molecule has 0 spiro atoms. The van der Waals surface area contributed by atoms with Gasteiger partial charge in [0.15, 0.2) is 0 Å². The number of rotatable bonds is 16. The molecular weight excluding hydrogens is 719 g/mol. The van der Waals surface area contributed by atoms with Gasteiger partial charge >= 0.3 is 11.7 Å². The lowest BCUT2D eigenvalue weighted by atomic mass is 10.0. The maximum absolute atomic E-state index is 13.6. The number of aromatic nitrogens is 5. The second-order valence-electron chi connectivity index (χ2n) is 12.9. The summed E-state index contributed by atoms with van der Waals surface area (Å²) in [6.07, 6.45) is 4.34. The standard InChI is InChI=1S/C35H40F3N7O7S/c1-21(22-6-9-25(36)10-7-22)51-28-16-23(8-11-27(28)43-53(47,48)34(37)38)31-30-32(44(5)42-31)26(18-40-33(30)39)24-17-41-45(19-24)12-13-49-14-15-50-20-29(46)52-35(2,3)4/h6-11,16-19,21,34,43H,12-15,20H2,1-5H3,(H2,39,40)/t21-/m0/s1. The van der Waals surface area contributed by atoms with Crippen LogP contribution in [0.1, 0.15) is 39.4 Å². The van der Waals surface area contributed by atoms with Crippen LogP contribution in [-0.4, -0.2) is 76.7 Å². The zero-order valence-electron chi connectivity index (χ0n) is 29.7. The molecule has 3 N–H and O–H groups in total. The molecule has 18 heteroatoms. The predicted molar refractivity (Wildman–Crippen MR) is 191 cm³/mol. The van der Waals surface area contributed by atoms with Gasteiger partial charge in [-0.3, -0.25) is 14.1 Å². The van der Waals surface area contributed by atoms with Gasteiger partial charge in [-0.1, -0.05) is 18.2 Å². The first kappa shape index (κ1) is 39.0. The molecule has 0 saturated heterocycles. The normalized spacial score (nSPS) is 12.7. The third kappa shape index (κ3) is 9.82. The Kier molecular flexibility index (Phi) is 11.9. The lowest BCUT2D eigenvalue weighted by Gasteiger charge is -2.19. The Labute approximate surface area is 304 Å². The van der Waals surface area contributed by atoms with E-state index < -0.39 is 39.3 Å². The molecule has 0 amide bonds. The number of alkyl halides is 2. The fourth-order valence-electron chi connectivity index (χ4n) is 5.32. The number of nitrogens with zero attached hydrogens (tertiary/aromatic N) is 5. The number of benzene rings is 2. The number of nitrogen functional groups attached to an aromatic ring is 1. The number of carbonyl (C=O) groups excluding carboxylic acids is 1. The van der Waals surface area contributed by atoms with E-state index in [4.69, 9.17) is 29.8 Å². The van der Waals surface area contributed by atoms with E-state index in [-0.39, 0.29) is 37.1 Å². The molecule has 0 unspecified atom stereocenters. The smallest absolute Gasteiger partial charge is 0.355 e. The maximum Gasteiger partial charge on any atom is 0.355 e. The van der Waals surface area contributed by atoms with E-state index in [1.165, 1.54) is 42.5 Å². The summed E-state index contributed by atoms with van der Waals surface area (Å²) in [5.41, 5.74) is 8.92. The van der Waals surface area contributed by atoms with Crippen LogP contribution < -0.4 is 15.2 Å². The predicted octanol–water partition coefficient (Wildman–Crippen LogP) is 5.70. The molecule has 3 heterocycles. The van der Waals surface area contributed by atoms with Crippen molar-refractivity contribution in [3.05, 3.63) is 72.4 Å². The Bertz CT molecular complexity index is 2170. The minimum atomic E-state index is -5.05. The Hall–Kier alpha value is -5.20. The molecule has 284 valence electrons. The second-order valence-corrected chi connectivity index (χ2v) is 14.6. The monoisotopic (exact) mass is 759 g/mol. The molecule has 0 aliphatic heterocycles. The minimum Gasteiger partial charge on any atom is -0.484 e. The number of carbonyl (C=O) groups is 1. The Morgan fingerprint density at radius 3 is 2.43 bits per heavy atom. The molecule has 0 radical (unpaired) electrons. The number of hydrogen-bond acceptors (Lipinski definition) is 11. The summed E-state index contributed by atoms with van der Waals surface area (Å²) >= 11 is 0. The van der Waals surface area contributed by atoms with Crippen molar-refractivity contribution in [3.63, 3.8) is 0 Å². The summed E-state index contributed by atoms with van der Waals surface area (Å²) in [5, 5.41) is 9.61. The third-order valence-corrected chi connectivity index (χ3v) is 8.67. The van der Waals surface area contributed by atoms with Crippen LogP contribution in [0, 0.1) is 5.82 Å². The summed E-state index contributed by atoms with van der Waals surface area (Å²) in [6, 6.07) is 9.71. The average Bonchev–Trinajstić information content (AvgIpc) is 3.70. The minimum absolute atomic E-state index is 0.0804. The number of fused-ring (bicyclic) bond motifs is 1. The van der Waals surface area contributed by atoms with E-state index in [2.05, 4.69) is 10.1 Å².